The SMILES string of the molecule is [C-]#[N+]c1cc(-n2c3cc(-c4ccc(C)cc4C)ccc3c3ccc(-c4ccc(C)cc4C)cc32)c(-c2ccc(C(F)(F)F)cc2C)cc1-n1c2cc(-c3ccc(C)cc3C)ccc2c2ccc(-c3ccc(C)cc3C)cc21. The van der Waals surface area contributed by atoms with Gasteiger partial charge in [0.05, 0.1) is 39.9 Å². The van der Waals surface area contributed by atoms with Crippen LogP contribution in [0.15, 0.2) is 176 Å². The van der Waals surface area contributed by atoms with Gasteiger partial charge in [0.2, 0.25) is 5.69 Å². The summed E-state index contributed by atoms with van der Waals surface area (Å²) in [4.78, 5) is 4.42. The maximum Gasteiger partial charge on any atom is 0.416 e. The number of fused-ring (bicyclic) bond motifs is 6. The van der Waals surface area contributed by atoms with E-state index in [1.807, 2.05) is 6.07 Å². The van der Waals surface area contributed by atoms with Crippen LogP contribution in [0.2, 0.25) is 0 Å². The van der Waals surface area contributed by atoms with E-state index < -0.39 is 11.7 Å². The highest BCUT2D eigenvalue weighted by Crippen LogP contribution is 2.47. The first-order valence-corrected chi connectivity index (χ1v) is 26.2. The van der Waals surface area contributed by atoms with Crippen LogP contribution >= 0.6 is 0 Å². The van der Waals surface area contributed by atoms with Crippen LogP contribution in [0.25, 0.3) is 115 Å². The van der Waals surface area contributed by atoms with Crippen molar-refractivity contribution in [2.24, 2.45) is 0 Å². The fraction of sp³-hybridized carbons (Fsp3) is 0.141. The van der Waals surface area contributed by atoms with E-state index in [0.717, 1.165) is 110 Å². The van der Waals surface area contributed by atoms with Crippen LogP contribution in [0.3, 0.4) is 0 Å². The molecule has 12 rings (SSSR count). The minimum absolute atomic E-state index is 0.395. The molecule has 0 saturated carbocycles. The molecule has 0 aliphatic carbocycles. The summed E-state index contributed by atoms with van der Waals surface area (Å²) in [5.41, 5.74) is 24.3. The smallest absolute Gasteiger partial charge is 0.319 e. The highest BCUT2D eigenvalue weighted by atomic mass is 19.4. The Morgan fingerprint density at radius 2 is 0.649 bits per heavy atom. The molecule has 2 heterocycles. The van der Waals surface area contributed by atoms with Gasteiger partial charge in [-0.3, -0.25) is 0 Å². The lowest BCUT2D eigenvalue weighted by Gasteiger charge is -2.21. The van der Waals surface area contributed by atoms with E-state index in [1.165, 1.54) is 34.4 Å². The summed E-state index contributed by atoms with van der Waals surface area (Å²) < 4.78 is 48.3. The number of aryl methyl sites for hydroxylation is 9. The molecule has 0 radical (unpaired) electrons. The number of halogens is 3. The minimum atomic E-state index is -4.54. The Bertz CT molecular complexity index is 4280. The third-order valence-electron chi connectivity index (χ3n) is 15.8. The average Bonchev–Trinajstić information content (AvgIpc) is 4.06. The topological polar surface area (TPSA) is 14.2 Å². The number of rotatable bonds is 7. The third-order valence-corrected chi connectivity index (χ3v) is 15.8. The van der Waals surface area contributed by atoms with Gasteiger partial charge in [-0.15, -0.1) is 0 Å². The fourth-order valence-corrected chi connectivity index (χ4v) is 12.2. The molecule has 0 aliphatic rings. The maximum absolute atomic E-state index is 14.6. The Labute approximate surface area is 448 Å². The van der Waals surface area contributed by atoms with E-state index in [9.17, 15) is 13.2 Å². The lowest BCUT2D eigenvalue weighted by molar-refractivity contribution is -0.137. The zero-order chi connectivity index (χ0) is 53.8. The van der Waals surface area contributed by atoms with Crippen LogP contribution in [0.5, 0.6) is 0 Å². The van der Waals surface area contributed by atoms with E-state index in [4.69, 9.17) is 6.57 Å². The van der Waals surface area contributed by atoms with Gasteiger partial charge in [0.1, 0.15) is 0 Å². The molecule has 0 unspecified atom stereocenters. The van der Waals surface area contributed by atoms with Gasteiger partial charge in [0.15, 0.2) is 0 Å². The molecule has 2 aromatic heterocycles. The van der Waals surface area contributed by atoms with Crippen molar-refractivity contribution in [3.63, 3.8) is 0 Å². The van der Waals surface area contributed by atoms with Crippen molar-refractivity contribution in [2.45, 2.75) is 68.5 Å². The molecule has 0 bridgehead atoms. The van der Waals surface area contributed by atoms with Crippen LogP contribution in [0.1, 0.15) is 55.6 Å². The van der Waals surface area contributed by atoms with Gasteiger partial charge >= 0.3 is 6.18 Å². The lowest BCUT2D eigenvalue weighted by Crippen LogP contribution is -2.06. The molecule has 77 heavy (non-hydrogen) atoms. The Kier molecular flexibility index (Phi) is 11.7. The Hall–Kier alpha value is -8.92. The van der Waals surface area contributed by atoms with E-state index in [0.29, 0.717) is 33.8 Å². The largest absolute Gasteiger partial charge is 0.416 e. The van der Waals surface area contributed by atoms with Gasteiger partial charge in [0.25, 0.3) is 0 Å². The molecule has 0 aliphatic heterocycles. The maximum atomic E-state index is 14.6. The van der Waals surface area contributed by atoms with Crippen LogP contribution < -0.4 is 0 Å². The van der Waals surface area contributed by atoms with Gasteiger partial charge in [-0.25, -0.2) is 4.85 Å². The summed E-state index contributed by atoms with van der Waals surface area (Å²) >= 11 is 0. The van der Waals surface area contributed by atoms with Crippen LogP contribution in [-0.4, -0.2) is 9.13 Å². The number of aromatic nitrogens is 2. The summed E-state index contributed by atoms with van der Waals surface area (Å²) in [7, 11) is 0. The van der Waals surface area contributed by atoms with Gasteiger partial charge in [0, 0.05) is 32.8 Å². The summed E-state index contributed by atoms with van der Waals surface area (Å²) in [6.45, 7) is 27.9. The molecule has 12 aromatic rings. The summed E-state index contributed by atoms with van der Waals surface area (Å²) in [6, 6.07) is 60.5. The fourth-order valence-electron chi connectivity index (χ4n) is 12.2. The van der Waals surface area contributed by atoms with E-state index in [1.54, 1.807) is 13.0 Å². The third kappa shape index (κ3) is 8.38. The normalized spacial score (nSPS) is 11.9. The van der Waals surface area contributed by atoms with Crippen LogP contribution in [0.4, 0.5) is 18.9 Å². The second-order valence-corrected chi connectivity index (χ2v) is 21.4. The number of hydrogen-bond acceptors (Lipinski definition) is 0. The van der Waals surface area contributed by atoms with Crippen molar-refractivity contribution in [2.75, 3.05) is 0 Å². The van der Waals surface area contributed by atoms with Crippen LogP contribution in [0, 0.1) is 68.9 Å². The zero-order valence-corrected chi connectivity index (χ0v) is 44.7. The minimum Gasteiger partial charge on any atom is -0.319 e. The van der Waals surface area contributed by atoms with E-state index in [2.05, 4.69) is 221 Å². The predicted molar refractivity (Wildman–Crippen MR) is 316 cm³/mol. The molecule has 376 valence electrons. The Morgan fingerprint density at radius 3 is 0.961 bits per heavy atom. The summed E-state index contributed by atoms with van der Waals surface area (Å²) in [5, 5.41) is 4.08. The molecule has 0 fully saturated rings. The van der Waals surface area contributed by atoms with E-state index in [-0.39, 0.29) is 0 Å². The molecule has 10 aromatic carbocycles. The molecule has 6 heteroatoms. The van der Waals surface area contributed by atoms with Gasteiger partial charge in [-0.2, -0.15) is 13.2 Å². The number of nitrogens with zero attached hydrogens (tertiary/aromatic N) is 3. The van der Waals surface area contributed by atoms with Crippen molar-refractivity contribution in [1.82, 2.24) is 9.13 Å². The average molecular weight is 1010 g/mol. The number of benzene rings is 10. The lowest BCUT2D eigenvalue weighted by atomic mass is 9.95. The first-order valence-electron chi connectivity index (χ1n) is 26.2. The molecular weight excluding hydrogens is 952 g/mol. The molecular formula is C71H56F3N3. The van der Waals surface area contributed by atoms with E-state index >= 15 is 0 Å². The molecule has 3 nitrogen and oxygen atoms in total. The van der Waals surface area contributed by atoms with Crippen molar-refractivity contribution in [3.8, 4) is 67.0 Å². The molecule has 0 saturated heterocycles. The number of hydrogen-bond donors (Lipinski definition) is 0. The standard InChI is InChI=1S/C71H56F3N3/c1-40-11-20-54(44(5)29-40)49-15-24-59-60-25-16-50(55-21-12-41(2)30-45(55)6)35-66(60)76(65(59)34-49)69-39-64(75-10)70(38-63(69)58-28-19-53(33-48(58)9)71(72,73)74)77-67-36-51(56-22-13-42(3)31-46(56)7)17-26-61(67)62-27-18-52(37-68(62)77)57-23-14-43(4)32-47(57)8/h11-39H,1-9H3. The highest BCUT2D eigenvalue weighted by molar-refractivity contribution is 6.14. The highest BCUT2D eigenvalue weighted by Gasteiger charge is 2.31. The molecule has 0 amide bonds. The molecule has 0 atom stereocenters. The Balaban J connectivity index is 1.22. The zero-order valence-electron chi connectivity index (χ0n) is 44.7. The monoisotopic (exact) mass is 1010 g/mol. The first-order chi connectivity index (χ1) is 36.9. The van der Waals surface area contributed by atoms with Crippen molar-refractivity contribution in [3.05, 3.63) is 243 Å². The molecule has 0 N–H and O–H groups in total. The van der Waals surface area contributed by atoms with Crippen molar-refractivity contribution >= 4 is 49.3 Å². The second kappa shape index (κ2) is 18.4. The van der Waals surface area contributed by atoms with Crippen molar-refractivity contribution < 1.29 is 13.2 Å². The quantitative estimate of drug-likeness (QED) is 0.141. The van der Waals surface area contributed by atoms with Gasteiger partial charge in [-0.05, 0) is 189 Å². The summed E-state index contributed by atoms with van der Waals surface area (Å²) in [5.74, 6) is 0. The predicted octanol–water partition coefficient (Wildman–Crippen LogP) is 20.6. The van der Waals surface area contributed by atoms with Crippen LogP contribution in [-0.2, 0) is 6.18 Å². The van der Waals surface area contributed by atoms with Crippen molar-refractivity contribution in [1.29, 1.82) is 0 Å². The second-order valence-electron chi connectivity index (χ2n) is 21.4. The molecule has 0 spiro atoms. The van der Waals surface area contributed by atoms with Gasteiger partial charge in [-0.1, -0.05) is 150 Å². The first kappa shape index (κ1) is 49.0. The number of alkyl halides is 3. The van der Waals surface area contributed by atoms with Gasteiger partial charge < -0.3 is 9.13 Å². The Morgan fingerprint density at radius 1 is 0.325 bits per heavy atom. The summed E-state index contributed by atoms with van der Waals surface area (Å²) in [6.07, 6.45) is -4.54.